The zero-order valence-corrected chi connectivity index (χ0v) is 9.06. The molecule has 1 unspecified atom stereocenters. The molecule has 0 amide bonds. The number of aromatic nitrogens is 2. The summed E-state index contributed by atoms with van der Waals surface area (Å²) in [6.45, 7) is 3.92. The quantitative estimate of drug-likeness (QED) is 0.761. The predicted molar refractivity (Wildman–Crippen MR) is 60.7 cm³/mol. The first-order chi connectivity index (χ1) is 6.18. The van der Waals surface area contributed by atoms with Gasteiger partial charge in [-0.25, -0.2) is 4.98 Å². The molecule has 0 radical (unpaired) electrons. The van der Waals surface area contributed by atoms with Crippen molar-refractivity contribution in [3.8, 4) is 0 Å². The number of aryl methyl sites for hydroxylation is 1. The number of nitrogens with zero attached hydrogens (tertiary/aromatic N) is 1. The summed E-state index contributed by atoms with van der Waals surface area (Å²) in [5.41, 5.74) is 8.99. The molecule has 0 spiro atoms. The van der Waals surface area contributed by atoms with E-state index in [0.29, 0.717) is 0 Å². The lowest BCUT2D eigenvalue weighted by Crippen LogP contribution is -2.05. The van der Waals surface area contributed by atoms with E-state index in [4.69, 9.17) is 5.73 Å². The van der Waals surface area contributed by atoms with E-state index < -0.39 is 0 Å². The van der Waals surface area contributed by atoms with Crippen molar-refractivity contribution in [1.29, 1.82) is 0 Å². The van der Waals surface area contributed by atoms with Crippen molar-refractivity contribution in [2.24, 2.45) is 5.73 Å². The molecule has 1 aromatic heterocycles. The summed E-state index contributed by atoms with van der Waals surface area (Å²) in [6.07, 6.45) is 0. The largest absolute Gasteiger partial charge is 0.342 e. The van der Waals surface area contributed by atoms with Gasteiger partial charge in [0.2, 0.25) is 0 Å². The number of nitrogens with one attached hydrogen (secondary N) is 1. The molecule has 76 valence electrons. The number of fused-ring (bicyclic) bond motifs is 1. The van der Waals surface area contributed by atoms with Gasteiger partial charge in [-0.05, 0) is 25.5 Å². The lowest BCUT2D eigenvalue weighted by molar-refractivity contribution is 0.824. The molecular formula is C10H14ClN3. The maximum absolute atomic E-state index is 5.84. The smallest absolute Gasteiger partial charge is 0.104 e. The zero-order valence-electron chi connectivity index (χ0n) is 8.24. The molecule has 1 atom stereocenters. The topological polar surface area (TPSA) is 54.7 Å². The van der Waals surface area contributed by atoms with E-state index in [9.17, 15) is 0 Å². The van der Waals surface area contributed by atoms with E-state index in [1.54, 1.807) is 0 Å². The average molecular weight is 212 g/mol. The molecule has 2 aromatic rings. The van der Waals surface area contributed by atoms with Gasteiger partial charge in [0.15, 0.2) is 0 Å². The molecule has 0 aliphatic heterocycles. The van der Waals surface area contributed by atoms with Crippen LogP contribution in [0.3, 0.4) is 0 Å². The molecule has 3 nitrogen and oxygen atoms in total. The van der Waals surface area contributed by atoms with Crippen molar-refractivity contribution in [2.45, 2.75) is 19.9 Å². The number of aromatic amines is 1. The molecule has 2 rings (SSSR count). The molecule has 0 fully saturated rings. The van der Waals surface area contributed by atoms with Gasteiger partial charge >= 0.3 is 0 Å². The monoisotopic (exact) mass is 211 g/mol. The van der Waals surface area contributed by atoms with Crippen LogP contribution in [0.2, 0.25) is 0 Å². The first-order valence-electron chi connectivity index (χ1n) is 4.39. The van der Waals surface area contributed by atoms with Crippen LogP contribution < -0.4 is 5.73 Å². The van der Waals surface area contributed by atoms with Gasteiger partial charge in [0.05, 0.1) is 11.0 Å². The van der Waals surface area contributed by atoms with Crippen molar-refractivity contribution >= 4 is 23.4 Å². The lowest BCUT2D eigenvalue weighted by Gasteiger charge is -2.04. The number of halogens is 1. The van der Waals surface area contributed by atoms with Crippen LogP contribution in [0, 0.1) is 6.92 Å². The van der Waals surface area contributed by atoms with Gasteiger partial charge in [-0.2, -0.15) is 0 Å². The number of nitrogens with two attached hydrogens (primary N) is 1. The molecule has 0 saturated carbocycles. The summed E-state index contributed by atoms with van der Waals surface area (Å²) in [5.74, 6) is 0.933. The Morgan fingerprint density at radius 3 is 2.79 bits per heavy atom. The SMILES string of the molecule is Cc1nc2c(C(C)N)cccc2[nH]1.Cl. The number of rotatable bonds is 1. The maximum atomic E-state index is 5.84. The highest BCUT2D eigenvalue weighted by molar-refractivity contribution is 5.85. The molecule has 0 aliphatic rings. The first-order valence-corrected chi connectivity index (χ1v) is 4.39. The minimum atomic E-state index is 0. The maximum Gasteiger partial charge on any atom is 0.104 e. The van der Waals surface area contributed by atoms with Gasteiger partial charge in [-0.3, -0.25) is 0 Å². The van der Waals surface area contributed by atoms with E-state index in [0.717, 1.165) is 22.4 Å². The Bertz CT molecular complexity index is 434. The Morgan fingerprint density at radius 2 is 2.14 bits per heavy atom. The third-order valence-electron chi connectivity index (χ3n) is 2.15. The fourth-order valence-corrected chi connectivity index (χ4v) is 1.55. The fraction of sp³-hybridized carbons (Fsp3) is 0.300. The van der Waals surface area contributed by atoms with E-state index in [-0.39, 0.29) is 18.4 Å². The Kier molecular flexibility index (Phi) is 3.13. The second-order valence-electron chi connectivity index (χ2n) is 3.35. The summed E-state index contributed by atoms with van der Waals surface area (Å²) in [7, 11) is 0. The summed E-state index contributed by atoms with van der Waals surface area (Å²) in [5, 5.41) is 0. The van der Waals surface area contributed by atoms with Gasteiger partial charge in [0.25, 0.3) is 0 Å². The minimum Gasteiger partial charge on any atom is -0.342 e. The number of imidazole rings is 1. The summed E-state index contributed by atoms with van der Waals surface area (Å²) < 4.78 is 0. The van der Waals surface area contributed by atoms with Crippen molar-refractivity contribution in [1.82, 2.24) is 9.97 Å². The number of hydrogen-bond donors (Lipinski definition) is 2. The van der Waals surface area contributed by atoms with E-state index in [1.165, 1.54) is 0 Å². The van der Waals surface area contributed by atoms with Crippen LogP contribution >= 0.6 is 12.4 Å². The molecule has 3 N–H and O–H groups in total. The second-order valence-corrected chi connectivity index (χ2v) is 3.35. The van der Waals surface area contributed by atoms with Crippen LogP contribution in [0.1, 0.15) is 24.4 Å². The third kappa shape index (κ3) is 1.74. The fourth-order valence-electron chi connectivity index (χ4n) is 1.55. The highest BCUT2D eigenvalue weighted by Gasteiger charge is 2.07. The van der Waals surface area contributed by atoms with Gasteiger partial charge < -0.3 is 10.7 Å². The Balaban J connectivity index is 0.000000980. The van der Waals surface area contributed by atoms with Gasteiger partial charge in [0, 0.05) is 6.04 Å². The summed E-state index contributed by atoms with van der Waals surface area (Å²) in [4.78, 5) is 7.59. The standard InChI is InChI=1S/C10H13N3.ClH/c1-6(11)8-4-3-5-9-10(8)13-7(2)12-9;/h3-6H,11H2,1-2H3,(H,12,13);1H. The van der Waals surface area contributed by atoms with E-state index in [2.05, 4.69) is 9.97 Å². The van der Waals surface area contributed by atoms with Crippen LogP contribution in [0.15, 0.2) is 18.2 Å². The van der Waals surface area contributed by atoms with Crippen LogP contribution in [0.5, 0.6) is 0 Å². The van der Waals surface area contributed by atoms with Crippen LogP contribution in [-0.2, 0) is 0 Å². The highest BCUT2D eigenvalue weighted by Crippen LogP contribution is 2.20. The van der Waals surface area contributed by atoms with Gasteiger partial charge in [0.1, 0.15) is 5.82 Å². The normalized spacial score (nSPS) is 12.5. The molecule has 14 heavy (non-hydrogen) atoms. The Hall–Kier alpha value is -1.06. The van der Waals surface area contributed by atoms with Crippen molar-refractivity contribution < 1.29 is 0 Å². The molecule has 4 heteroatoms. The average Bonchev–Trinajstić information content (AvgIpc) is 2.43. The molecular weight excluding hydrogens is 198 g/mol. The number of benzene rings is 1. The molecule has 0 saturated heterocycles. The highest BCUT2D eigenvalue weighted by atomic mass is 35.5. The number of para-hydroxylation sites is 1. The number of hydrogen-bond acceptors (Lipinski definition) is 2. The lowest BCUT2D eigenvalue weighted by atomic mass is 10.1. The second kappa shape index (κ2) is 3.98. The van der Waals surface area contributed by atoms with E-state index in [1.807, 2.05) is 32.0 Å². The zero-order chi connectivity index (χ0) is 9.42. The Labute approximate surface area is 89.1 Å². The van der Waals surface area contributed by atoms with Crippen molar-refractivity contribution in [2.75, 3.05) is 0 Å². The Morgan fingerprint density at radius 1 is 1.43 bits per heavy atom. The van der Waals surface area contributed by atoms with Gasteiger partial charge in [-0.1, -0.05) is 12.1 Å². The van der Waals surface area contributed by atoms with Crippen molar-refractivity contribution in [3.63, 3.8) is 0 Å². The van der Waals surface area contributed by atoms with Crippen LogP contribution in [0.25, 0.3) is 11.0 Å². The molecule has 1 heterocycles. The summed E-state index contributed by atoms with van der Waals surface area (Å²) >= 11 is 0. The molecule has 1 aromatic carbocycles. The first kappa shape index (κ1) is 11.0. The predicted octanol–water partition coefficient (Wildman–Crippen LogP) is 2.31. The number of H-pyrrole nitrogens is 1. The molecule has 0 aliphatic carbocycles. The summed E-state index contributed by atoms with van der Waals surface area (Å²) in [6, 6.07) is 6.07. The van der Waals surface area contributed by atoms with E-state index >= 15 is 0 Å². The third-order valence-corrected chi connectivity index (χ3v) is 2.15. The van der Waals surface area contributed by atoms with Crippen LogP contribution in [0.4, 0.5) is 0 Å². The van der Waals surface area contributed by atoms with Gasteiger partial charge in [-0.15, -0.1) is 12.4 Å². The van der Waals surface area contributed by atoms with Crippen LogP contribution in [-0.4, -0.2) is 9.97 Å². The van der Waals surface area contributed by atoms with Crippen molar-refractivity contribution in [3.05, 3.63) is 29.6 Å². The molecule has 0 bridgehead atoms. The minimum absolute atomic E-state index is 0.